The van der Waals surface area contributed by atoms with Gasteiger partial charge in [0.15, 0.2) is 0 Å². The van der Waals surface area contributed by atoms with Crippen LogP contribution in [0.15, 0.2) is 36.5 Å². The lowest BCUT2D eigenvalue weighted by molar-refractivity contribution is -0.225. The Hall–Kier alpha value is -1.98. The average Bonchev–Trinajstić information content (AvgIpc) is 2.65. The van der Waals surface area contributed by atoms with E-state index in [1.807, 2.05) is 44.2 Å². The highest BCUT2D eigenvalue weighted by Crippen LogP contribution is 2.57. The summed E-state index contributed by atoms with van der Waals surface area (Å²) in [5.41, 5.74) is 7.33. The second-order valence-corrected chi connectivity index (χ2v) is 7.81. The molecule has 1 aliphatic heterocycles. The summed E-state index contributed by atoms with van der Waals surface area (Å²) in [6.45, 7) is 5.28. The van der Waals surface area contributed by atoms with Gasteiger partial charge in [-0.15, -0.1) is 0 Å². The molecule has 0 radical (unpaired) electrons. The Labute approximate surface area is 148 Å². The van der Waals surface area contributed by atoms with Gasteiger partial charge in [0, 0.05) is 36.1 Å². The first kappa shape index (κ1) is 16.5. The maximum atomic E-state index is 13.0. The van der Waals surface area contributed by atoms with Crippen LogP contribution in [0.2, 0.25) is 0 Å². The summed E-state index contributed by atoms with van der Waals surface area (Å²) in [5.74, 6) is 0.0130. The summed E-state index contributed by atoms with van der Waals surface area (Å²) in [6.07, 6.45) is 3.78. The highest BCUT2D eigenvalue weighted by atomic mass is 16.5. The number of carbonyl (C=O) groups is 1. The fraction of sp³-hybridized carbons (Fsp3) is 0.500. The van der Waals surface area contributed by atoms with Gasteiger partial charge in [-0.2, -0.15) is 0 Å². The third-order valence-electron chi connectivity index (χ3n) is 6.22. The summed E-state index contributed by atoms with van der Waals surface area (Å²) in [7, 11) is 0. The Balaban J connectivity index is 1.54. The van der Waals surface area contributed by atoms with E-state index in [9.17, 15) is 4.79 Å². The number of nitrogens with one attached hydrogen (secondary N) is 1. The Kier molecular flexibility index (Phi) is 3.81. The highest BCUT2D eigenvalue weighted by molar-refractivity contribution is 5.90. The van der Waals surface area contributed by atoms with Crippen molar-refractivity contribution in [2.45, 2.75) is 44.9 Å². The van der Waals surface area contributed by atoms with Gasteiger partial charge >= 0.3 is 0 Å². The first-order chi connectivity index (χ1) is 12.0. The number of hydrogen-bond acceptors (Lipinski definition) is 4. The van der Waals surface area contributed by atoms with Crippen LogP contribution in [-0.2, 0) is 16.1 Å². The Morgan fingerprint density at radius 2 is 2.16 bits per heavy atom. The smallest absolute Gasteiger partial charge is 0.241 e. The standard InChI is InChI=1S/C20H25N3O2/c1-19(2)17-15(9-5-11-25-17)20(19,21)18(24)23-12-14-7-3-6-13-8-4-10-22-16(13)14/h3-4,6-8,10,15,17H,5,9,11-12,21H2,1-2H3,(H,23,24). The van der Waals surface area contributed by atoms with Crippen LogP contribution in [0.3, 0.4) is 0 Å². The number of fused-ring (bicyclic) bond motifs is 2. The largest absolute Gasteiger partial charge is 0.377 e. The van der Waals surface area contributed by atoms with Gasteiger partial charge in [-0.25, -0.2) is 0 Å². The predicted molar refractivity (Wildman–Crippen MR) is 96.8 cm³/mol. The summed E-state index contributed by atoms with van der Waals surface area (Å²) >= 11 is 0. The number of aromatic nitrogens is 1. The molecule has 132 valence electrons. The van der Waals surface area contributed by atoms with Crippen LogP contribution in [0.4, 0.5) is 0 Å². The van der Waals surface area contributed by atoms with Crippen molar-refractivity contribution in [3.05, 3.63) is 42.1 Å². The lowest BCUT2D eigenvalue weighted by Gasteiger charge is -2.65. The molecule has 0 bridgehead atoms. The van der Waals surface area contributed by atoms with Crippen LogP contribution in [-0.4, -0.2) is 29.1 Å². The van der Waals surface area contributed by atoms with Gasteiger partial charge in [0.1, 0.15) is 5.54 Å². The molecule has 1 saturated carbocycles. The molecule has 1 saturated heterocycles. The van der Waals surface area contributed by atoms with E-state index in [1.54, 1.807) is 6.20 Å². The molecule has 5 nitrogen and oxygen atoms in total. The molecule has 1 aliphatic carbocycles. The van der Waals surface area contributed by atoms with Gasteiger partial charge in [-0.05, 0) is 24.5 Å². The van der Waals surface area contributed by atoms with Crippen molar-refractivity contribution in [1.82, 2.24) is 10.3 Å². The molecule has 1 aromatic carbocycles. The number of amides is 1. The lowest BCUT2D eigenvalue weighted by atomic mass is 9.46. The van der Waals surface area contributed by atoms with Crippen molar-refractivity contribution in [3.63, 3.8) is 0 Å². The number of ether oxygens (including phenoxy) is 1. The molecule has 1 aromatic heterocycles. The third kappa shape index (κ3) is 2.29. The molecule has 25 heavy (non-hydrogen) atoms. The first-order valence-electron chi connectivity index (χ1n) is 8.97. The molecule has 3 N–H and O–H groups in total. The summed E-state index contributed by atoms with van der Waals surface area (Å²) < 4.78 is 5.89. The van der Waals surface area contributed by atoms with Crippen molar-refractivity contribution in [3.8, 4) is 0 Å². The zero-order valence-corrected chi connectivity index (χ0v) is 14.8. The second-order valence-electron chi connectivity index (χ2n) is 7.81. The van der Waals surface area contributed by atoms with E-state index in [0.717, 1.165) is 35.9 Å². The van der Waals surface area contributed by atoms with Gasteiger partial charge in [-0.1, -0.05) is 38.1 Å². The number of nitrogens with zero attached hydrogens (tertiary/aromatic N) is 1. The zero-order valence-electron chi connectivity index (χ0n) is 14.8. The molecule has 2 heterocycles. The molecule has 4 rings (SSSR count). The van der Waals surface area contributed by atoms with E-state index in [0.29, 0.717) is 6.54 Å². The average molecular weight is 339 g/mol. The normalized spacial score (nSPS) is 30.4. The van der Waals surface area contributed by atoms with Crippen LogP contribution < -0.4 is 11.1 Å². The minimum absolute atomic E-state index is 0.0798. The third-order valence-corrected chi connectivity index (χ3v) is 6.22. The summed E-state index contributed by atoms with van der Waals surface area (Å²) in [5, 5.41) is 4.13. The van der Waals surface area contributed by atoms with E-state index in [1.165, 1.54) is 0 Å². The van der Waals surface area contributed by atoms with Crippen molar-refractivity contribution in [1.29, 1.82) is 0 Å². The Bertz CT molecular complexity index is 814. The molecule has 2 fully saturated rings. The maximum absolute atomic E-state index is 13.0. The molecule has 2 aromatic rings. The van der Waals surface area contributed by atoms with E-state index in [2.05, 4.69) is 10.3 Å². The minimum Gasteiger partial charge on any atom is -0.377 e. The van der Waals surface area contributed by atoms with Gasteiger partial charge in [0.05, 0.1) is 11.6 Å². The molecule has 1 amide bonds. The summed E-state index contributed by atoms with van der Waals surface area (Å²) in [4.78, 5) is 17.5. The lowest BCUT2D eigenvalue weighted by Crippen LogP contribution is -2.82. The zero-order chi connectivity index (χ0) is 17.7. The number of rotatable bonds is 3. The second kappa shape index (κ2) is 5.78. The van der Waals surface area contributed by atoms with Gasteiger partial charge < -0.3 is 15.8 Å². The molecule has 0 spiro atoms. The van der Waals surface area contributed by atoms with Gasteiger partial charge in [0.25, 0.3) is 0 Å². The molecule has 2 aliphatic rings. The summed E-state index contributed by atoms with van der Waals surface area (Å²) in [6, 6.07) is 9.95. The van der Waals surface area contributed by atoms with Gasteiger partial charge in [0.2, 0.25) is 5.91 Å². The fourth-order valence-electron chi connectivity index (χ4n) is 4.67. The molecule has 3 atom stereocenters. The Morgan fingerprint density at radius 3 is 3.00 bits per heavy atom. The van der Waals surface area contributed by atoms with Crippen molar-refractivity contribution >= 4 is 16.8 Å². The fourth-order valence-corrected chi connectivity index (χ4v) is 4.67. The van der Waals surface area contributed by atoms with Crippen LogP contribution in [0.5, 0.6) is 0 Å². The number of hydrogen-bond donors (Lipinski definition) is 2. The first-order valence-corrected chi connectivity index (χ1v) is 8.97. The van der Waals surface area contributed by atoms with E-state index >= 15 is 0 Å². The van der Waals surface area contributed by atoms with E-state index < -0.39 is 5.54 Å². The molecular weight excluding hydrogens is 314 g/mol. The van der Waals surface area contributed by atoms with E-state index in [4.69, 9.17) is 10.5 Å². The number of para-hydroxylation sites is 1. The van der Waals surface area contributed by atoms with Crippen molar-refractivity contribution < 1.29 is 9.53 Å². The quantitative estimate of drug-likeness (QED) is 0.900. The minimum atomic E-state index is -0.879. The SMILES string of the molecule is CC1(C)C2OCCCC2C1(N)C(=O)NCc1cccc2cccnc12. The number of benzene rings is 1. The van der Waals surface area contributed by atoms with Crippen molar-refractivity contribution in [2.24, 2.45) is 17.1 Å². The Morgan fingerprint density at radius 1 is 1.36 bits per heavy atom. The number of carbonyl (C=O) groups excluding carboxylic acids is 1. The van der Waals surface area contributed by atoms with Crippen LogP contribution in [0.1, 0.15) is 32.3 Å². The monoisotopic (exact) mass is 339 g/mol. The number of pyridine rings is 1. The molecule has 3 unspecified atom stereocenters. The topological polar surface area (TPSA) is 77.2 Å². The molecule has 5 heteroatoms. The van der Waals surface area contributed by atoms with Crippen molar-refractivity contribution in [2.75, 3.05) is 6.61 Å². The van der Waals surface area contributed by atoms with Crippen LogP contribution in [0, 0.1) is 11.3 Å². The van der Waals surface area contributed by atoms with Crippen LogP contribution in [0.25, 0.3) is 10.9 Å². The maximum Gasteiger partial charge on any atom is 0.241 e. The number of nitrogens with two attached hydrogens (primary N) is 1. The highest BCUT2D eigenvalue weighted by Gasteiger charge is 2.70. The molecular formula is C20H25N3O2. The van der Waals surface area contributed by atoms with E-state index in [-0.39, 0.29) is 23.3 Å². The van der Waals surface area contributed by atoms with Gasteiger partial charge in [-0.3, -0.25) is 9.78 Å². The predicted octanol–water partition coefficient (Wildman–Crippen LogP) is 2.38. The van der Waals surface area contributed by atoms with Crippen LogP contribution >= 0.6 is 0 Å².